The van der Waals surface area contributed by atoms with Gasteiger partial charge < -0.3 is 10.1 Å². The van der Waals surface area contributed by atoms with Crippen molar-refractivity contribution in [3.8, 4) is 5.75 Å². The molecule has 160 valence electrons. The molecule has 0 atom stereocenters. The number of rotatable bonds is 6. The average Bonchev–Trinajstić information content (AvgIpc) is 3.15. The molecule has 0 saturated heterocycles. The van der Waals surface area contributed by atoms with E-state index in [2.05, 4.69) is 26.2 Å². The maximum Gasteiger partial charge on any atom is 0.332 e. The van der Waals surface area contributed by atoms with Gasteiger partial charge in [0.25, 0.3) is 5.56 Å². The zero-order valence-corrected chi connectivity index (χ0v) is 19.0. The zero-order chi connectivity index (χ0) is 22.1. The molecule has 0 spiro atoms. The number of methoxy groups -OCH3 is 1. The van der Waals surface area contributed by atoms with Gasteiger partial charge in [0.1, 0.15) is 5.75 Å². The molecule has 2 aromatic heterocycles. The zero-order valence-electron chi connectivity index (χ0n) is 17.4. The number of nitrogens with one attached hydrogen (secondary N) is 1. The van der Waals surface area contributed by atoms with Crippen LogP contribution in [0.15, 0.2) is 62.6 Å². The third-order valence-corrected chi connectivity index (χ3v) is 5.74. The minimum atomic E-state index is -0.410. The molecule has 0 saturated carbocycles. The van der Waals surface area contributed by atoms with Gasteiger partial charge in [0, 0.05) is 25.1 Å². The van der Waals surface area contributed by atoms with Crippen LogP contribution in [0.2, 0.25) is 0 Å². The smallest absolute Gasteiger partial charge is 0.332 e. The number of aromatic nitrogens is 4. The van der Waals surface area contributed by atoms with E-state index in [0.717, 1.165) is 25.9 Å². The fraction of sp³-hybridized carbons (Fsp3) is 0.227. The molecule has 0 fully saturated rings. The van der Waals surface area contributed by atoms with E-state index >= 15 is 0 Å². The Morgan fingerprint density at radius 1 is 0.968 bits per heavy atom. The lowest BCUT2D eigenvalue weighted by molar-refractivity contribution is 0.414. The first kappa shape index (κ1) is 20.9. The Balaban J connectivity index is 1.79. The Morgan fingerprint density at radius 3 is 2.26 bits per heavy atom. The number of halogens is 1. The van der Waals surface area contributed by atoms with Crippen molar-refractivity contribution in [2.24, 2.45) is 14.1 Å². The van der Waals surface area contributed by atoms with E-state index in [1.54, 1.807) is 14.2 Å². The summed E-state index contributed by atoms with van der Waals surface area (Å²) in [6.45, 7) is 0.935. The molecular weight excluding hydrogens is 462 g/mol. The van der Waals surface area contributed by atoms with Gasteiger partial charge in [0.15, 0.2) is 11.2 Å². The Kier molecular flexibility index (Phi) is 5.69. The highest BCUT2D eigenvalue weighted by molar-refractivity contribution is 9.10. The molecule has 9 heteroatoms. The van der Waals surface area contributed by atoms with Crippen molar-refractivity contribution in [2.75, 3.05) is 12.4 Å². The van der Waals surface area contributed by atoms with E-state index in [4.69, 9.17) is 4.74 Å². The van der Waals surface area contributed by atoms with E-state index in [9.17, 15) is 9.59 Å². The first-order valence-corrected chi connectivity index (χ1v) is 10.5. The molecule has 2 heterocycles. The molecule has 0 unspecified atom stereocenters. The minimum absolute atomic E-state index is 0.349. The van der Waals surface area contributed by atoms with E-state index in [-0.39, 0.29) is 5.56 Å². The molecule has 8 nitrogen and oxygen atoms in total. The number of ether oxygens (including phenoxy) is 1. The van der Waals surface area contributed by atoms with Crippen molar-refractivity contribution < 1.29 is 4.74 Å². The molecule has 31 heavy (non-hydrogen) atoms. The summed E-state index contributed by atoms with van der Waals surface area (Å²) in [4.78, 5) is 30.0. The van der Waals surface area contributed by atoms with Crippen LogP contribution in [0.25, 0.3) is 11.2 Å². The number of hydrogen-bond acceptors (Lipinski definition) is 5. The van der Waals surface area contributed by atoms with Gasteiger partial charge in [-0.25, -0.2) is 4.79 Å². The van der Waals surface area contributed by atoms with Crippen molar-refractivity contribution in [3.05, 3.63) is 85.0 Å². The molecule has 0 aliphatic heterocycles. The van der Waals surface area contributed by atoms with Crippen LogP contribution < -0.4 is 21.3 Å². The number of nitrogens with zero attached hydrogens (tertiary/aromatic N) is 4. The average molecular weight is 484 g/mol. The van der Waals surface area contributed by atoms with Crippen LogP contribution in [0.1, 0.15) is 11.1 Å². The van der Waals surface area contributed by atoms with Crippen molar-refractivity contribution in [2.45, 2.75) is 13.1 Å². The predicted octanol–water partition coefficient (Wildman–Crippen LogP) is 2.87. The van der Waals surface area contributed by atoms with Crippen molar-refractivity contribution in [3.63, 3.8) is 0 Å². The van der Waals surface area contributed by atoms with Crippen LogP contribution in [-0.4, -0.2) is 25.8 Å². The van der Waals surface area contributed by atoms with Crippen molar-refractivity contribution in [1.29, 1.82) is 0 Å². The maximum absolute atomic E-state index is 13.0. The van der Waals surface area contributed by atoms with Crippen molar-refractivity contribution in [1.82, 2.24) is 18.7 Å². The molecule has 4 rings (SSSR count). The molecule has 0 bridgehead atoms. The van der Waals surface area contributed by atoms with Gasteiger partial charge in [-0.3, -0.25) is 18.5 Å². The summed E-state index contributed by atoms with van der Waals surface area (Å²) < 4.78 is 10.5. The number of aryl methyl sites for hydroxylation is 1. The lowest BCUT2D eigenvalue weighted by atomic mass is 10.2. The van der Waals surface area contributed by atoms with Crippen molar-refractivity contribution >= 4 is 33.0 Å². The first-order valence-electron chi connectivity index (χ1n) is 9.66. The highest BCUT2D eigenvalue weighted by Crippen LogP contribution is 2.20. The standard InChI is InChI=1S/C22H22BrN5O3/c1-26-19-18(20(29)27(2)22(26)30)28(13-15-4-8-16(23)9-5-15)21(25-19)24-12-14-6-10-17(31-3)11-7-14/h4-11H,12-13H2,1-3H3,(H,24,25). The summed E-state index contributed by atoms with van der Waals surface area (Å²) in [6.07, 6.45) is 0. The molecule has 0 radical (unpaired) electrons. The third kappa shape index (κ3) is 4.00. The molecule has 0 amide bonds. The highest BCUT2D eigenvalue weighted by Gasteiger charge is 2.19. The SMILES string of the molecule is COc1ccc(CNc2nc3c(c(=O)n(C)c(=O)n3C)n2Cc2ccc(Br)cc2)cc1. The van der Waals surface area contributed by atoms with Gasteiger partial charge in [0.05, 0.1) is 13.7 Å². The Labute approximate surface area is 186 Å². The third-order valence-electron chi connectivity index (χ3n) is 5.21. The lowest BCUT2D eigenvalue weighted by Crippen LogP contribution is -2.37. The van der Waals surface area contributed by atoms with Gasteiger partial charge in [-0.15, -0.1) is 0 Å². The number of fused-ring (bicyclic) bond motifs is 1. The number of imidazole rings is 1. The van der Waals surface area contributed by atoms with E-state index in [1.807, 2.05) is 53.1 Å². The largest absolute Gasteiger partial charge is 0.497 e. The minimum Gasteiger partial charge on any atom is -0.497 e. The van der Waals surface area contributed by atoms with Gasteiger partial charge in [-0.05, 0) is 35.4 Å². The van der Waals surface area contributed by atoms with Crippen LogP contribution in [0.5, 0.6) is 5.75 Å². The normalized spacial score (nSPS) is 11.1. The summed E-state index contributed by atoms with van der Waals surface area (Å²) in [5.74, 6) is 1.30. The molecule has 2 aromatic carbocycles. The summed E-state index contributed by atoms with van der Waals surface area (Å²) in [5, 5.41) is 3.32. The van der Waals surface area contributed by atoms with E-state index < -0.39 is 5.69 Å². The quantitative estimate of drug-likeness (QED) is 0.455. The molecule has 1 N–H and O–H groups in total. The summed E-state index contributed by atoms with van der Waals surface area (Å²) in [7, 11) is 4.72. The fourth-order valence-electron chi connectivity index (χ4n) is 3.43. The molecule has 0 aliphatic rings. The first-order chi connectivity index (χ1) is 14.9. The summed E-state index contributed by atoms with van der Waals surface area (Å²) in [6, 6.07) is 15.6. The monoisotopic (exact) mass is 483 g/mol. The maximum atomic E-state index is 13.0. The molecule has 4 aromatic rings. The van der Waals surface area contributed by atoms with Crippen LogP contribution in [0, 0.1) is 0 Å². The Hall–Kier alpha value is -3.33. The van der Waals surface area contributed by atoms with Crippen LogP contribution in [0.3, 0.4) is 0 Å². The van der Waals surface area contributed by atoms with Gasteiger partial charge in [0.2, 0.25) is 5.95 Å². The van der Waals surface area contributed by atoms with Crippen LogP contribution in [0.4, 0.5) is 5.95 Å². The second-order valence-electron chi connectivity index (χ2n) is 7.23. The predicted molar refractivity (Wildman–Crippen MR) is 124 cm³/mol. The topological polar surface area (TPSA) is 83.1 Å². The highest BCUT2D eigenvalue weighted by atomic mass is 79.9. The van der Waals surface area contributed by atoms with Gasteiger partial charge >= 0.3 is 5.69 Å². The van der Waals surface area contributed by atoms with E-state index in [0.29, 0.717) is 30.2 Å². The second-order valence-corrected chi connectivity index (χ2v) is 8.14. The fourth-order valence-corrected chi connectivity index (χ4v) is 3.70. The molecule has 0 aliphatic carbocycles. The van der Waals surface area contributed by atoms with Gasteiger partial charge in [-0.2, -0.15) is 4.98 Å². The van der Waals surface area contributed by atoms with Gasteiger partial charge in [-0.1, -0.05) is 40.2 Å². The Morgan fingerprint density at radius 2 is 1.61 bits per heavy atom. The Bertz CT molecular complexity index is 1350. The molecular formula is C22H22BrN5O3. The van der Waals surface area contributed by atoms with E-state index in [1.165, 1.54) is 11.6 Å². The number of hydrogen-bond donors (Lipinski definition) is 1. The van der Waals surface area contributed by atoms with Crippen LogP contribution in [-0.2, 0) is 27.2 Å². The number of benzene rings is 2. The van der Waals surface area contributed by atoms with Crippen LogP contribution >= 0.6 is 15.9 Å². The second kappa shape index (κ2) is 8.43. The summed E-state index contributed by atoms with van der Waals surface area (Å²) >= 11 is 3.45. The lowest BCUT2D eigenvalue weighted by Gasteiger charge is -2.12. The summed E-state index contributed by atoms with van der Waals surface area (Å²) in [5.41, 5.74) is 1.98. The number of anilines is 1.